The number of aryl methyl sites for hydroxylation is 2. The number of carbonyl (C=O) groups excluding carboxylic acids is 1. The SMILES string of the molecule is Cc1cc([C@@H](C)Nc2ccc(Cl)nc2C(=O)NS(C)(=O)=O)c2nc(-c3ccc4c(c3)ncn4C)n(C)c(=O)c2c1. The summed E-state index contributed by atoms with van der Waals surface area (Å²) in [7, 11) is -0.238. The molecule has 0 fully saturated rings. The molecule has 40 heavy (non-hydrogen) atoms. The lowest BCUT2D eigenvalue weighted by atomic mass is 10.0. The van der Waals surface area contributed by atoms with Crippen molar-refractivity contribution in [1.29, 1.82) is 0 Å². The summed E-state index contributed by atoms with van der Waals surface area (Å²) in [4.78, 5) is 39.6. The first-order valence-electron chi connectivity index (χ1n) is 12.2. The monoisotopic (exact) mass is 579 g/mol. The van der Waals surface area contributed by atoms with Crippen molar-refractivity contribution in [3.63, 3.8) is 0 Å². The maximum absolute atomic E-state index is 13.5. The Balaban J connectivity index is 1.63. The lowest BCUT2D eigenvalue weighted by Crippen LogP contribution is -2.31. The van der Waals surface area contributed by atoms with Crippen LogP contribution in [0.5, 0.6) is 0 Å². The molecule has 2 N–H and O–H groups in total. The molecule has 1 amide bonds. The van der Waals surface area contributed by atoms with Gasteiger partial charge in [0.15, 0.2) is 5.69 Å². The zero-order chi connectivity index (χ0) is 28.9. The Bertz CT molecular complexity index is 2000. The van der Waals surface area contributed by atoms with Crippen LogP contribution in [-0.2, 0) is 24.1 Å². The molecule has 0 radical (unpaired) electrons. The number of hydrogen-bond acceptors (Lipinski definition) is 8. The number of imidazole rings is 1. The molecule has 11 nitrogen and oxygen atoms in total. The van der Waals surface area contributed by atoms with Crippen molar-refractivity contribution in [2.75, 3.05) is 11.6 Å². The summed E-state index contributed by atoms with van der Waals surface area (Å²) in [5, 5.41) is 3.69. The molecule has 0 bridgehead atoms. The molecule has 0 spiro atoms. The summed E-state index contributed by atoms with van der Waals surface area (Å²) >= 11 is 6.01. The molecule has 2 aromatic carbocycles. The standard InChI is InChI=1S/C27H26ClN7O4S/c1-14-10-17(15(2)30-19-7-9-22(28)31-24(19)26(36)33-40(5,38)39)23-18(11-14)27(37)35(4)25(32-23)16-6-8-21-20(12-16)29-13-34(21)3/h6-13,15,30H,1-5H3,(H,33,36)/t15-/m1/s1. The number of anilines is 1. The number of fused-ring (bicyclic) bond motifs is 2. The minimum absolute atomic E-state index is 0.0255. The van der Waals surface area contributed by atoms with Gasteiger partial charge in [-0.3, -0.25) is 14.2 Å². The van der Waals surface area contributed by atoms with Gasteiger partial charge in [0.05, 0.1) is 46.2 Å². The molecule has 0 aliphatic rings. The molecule has 5 rings (SSSR count). The summed E-state index contributed by atoms with van der Waals surface area (Å²) in [5.74, 6) is -0.447. The topological polar surface area (TPSA) is 141 Å². The molecule has 0 saturated carbocycles. The lowest BCUT2D eigenvalue weighted by Gasteiger charge is -2.20. The molecular weight excluding hydrogens is 554 g/mol. The van der Waals surface area contributed by atoms with Gasteiger partial charge in [-0.05, 0) is 55.8 Å². The first-order chi connectivity index (χ1) is 18.8. The minimum Gasteiger partial charge on any atom is -0.377 e. The average Bonchev–Trinajstić information content (AvgIpc) is 3.25. The Morgan fingerprint density at radius 1 is 1.07 bits per heavy atom. The predicted octanol–water partition coefficient (Wildman–Crippen LogP) is 3.71. The molecule has 13 heteroatoms. The molecule has 0 unspecified atom stereocenters. The number of hydrogen-bond donors (Lipinski definition) is 2. The van der Waals surface area contributed by atoms with E-state index in [1.54, 1.807) is 25.5 Å². The number of rotatable bonds is 6. The van der Waals surface area contributed by atoms with Gasteiger partial charge in [-0.15, -0.1) is 0 Å². The number of amides is 1. The van der Waals surface area contributed by atoms with Crippen LogP contribution in [0, 0.1) is 6.92 Å². The van der Waals surface area contributed by atoms with E-state index in [-0.39, 0.29) is 22.1 Å². The van der Waals surface area contributed by atoms with E-state index in [2.05, 4.69) is 15.3 Å². The van der Waals surface area contributed by atoms with Gasteiger partial charge in [-0.1, -0.05) is 17.7 Å². The lowest BCUT2D eigenvalue weighted by molar-refractivity contribution is 0.0977. The fraction of sp³-hybridized carbons (Fsp3) is 0.222. The van der Waals surface area contributed by atoms with Gasteiger partial charge in [-0.2, -0.15) is 0 Å². The molecule has 206 valence electrons. The van der Waals surface area contributed by atoms with E-state index < -0.39 is 22.0 Å². The molecule has 1 atom stereocenters. The van der Waals surface area contributed by atoms with Gasteiger partial charge in [0, 0.05) is 25.2 Å². The van der Waals surface area contributed by atoms with Gasteiger partial charge in [0.1, 0.15) is 11.0 Å². The summed E-state index contributed by atoms with van der Waals surface area (Å²) in [6.07, 6.45) is 2.60. The van der Waals surface area contributed by atoms with Crippen LogP contribution in [0.15, 0.2) is 53.6 Å². The Morgan fingerprint density at radius 2 is 1.82 bits per heavy atom. The zero-order valence-corrected chi connectivity index (χ0v) is 23.9. The van der Waals surface area contributed by atoms with Crippen molar-refractivity contribution in [2.45, 2.75) is 19.9 Å². The highest BCUT2D eigenvalue weighted by Crippen LogP contribution is 2.30. The van der Waals surface area contributed by atoms with Crippen molar-refractivity contribution < 1.29 is 13.2 Å². The van der Waals surface area contributed by atoms with E-state index in [0.29, 0.717) is 22.3 Å². The first-order valence-corrected chi connectivity index (χ1v) is 14.5. The maximum Gasteiger partial charge on any atom is 0.285 e. The summed E-state index contributed by atoms with van der Waals surface area (Å²) in [6.45, 7) is 3.73. The Morgan fingerprint density at radius 3 is 2.55 bits per heavy atom. The van der Waals surface area contributed by atoms with Gasteiger partial charge in [0.2, 0.25) is 10.0 Å². The molecular formula is C27H26ClN7O4S. The molecule has 3 heterocycles. The third kappa shape index (κ3) is 5.15. The van der Waals surface area contributed by atoms with Crippen LogP contribution in [0.2, 0.25) is 5.15 Å². The Labute approximate surface area is 234 Å². The van der Waals surface area contributed by atoms with Crippen LogP contribution >= 0.6 is 11.6 Å². The maximum atomic E-state index is 13.5. The number of nitrogens with zero attached hydrogens (tertiary/aromatic N) is 5. The van der Waals surface area contributed by atoms with Crippen molar-refractivity contribution in [3.8, 4) is 11.4 Å². The number of benzene rings is 2. The van der Waals surface area contributed by atoms with Crippen molar-refractivity contribution >= 4 is 55.2 Å². The smallest absolute Gasteiger partial charge is 0.285 e. The molecule has 0 aliphatic heterocycles. The average molecular weight is 580 g/mol. The van der Waals surface area contributed by atoms with Crippen LogP contribution in [0.3, 0.4) is 0 Å². The van der Waals surface area contributed by atoms with Crippen LogP contribution in [0.4, 0.5) is 5.69 Å². The van der Waals surface area contributed by atoms with E-state index in [0.717, 1.165) is 28.4 Å². The second-order valence-corrected chi connectivity index (χ2v) is 11.8. The van der Waals surface area contributed by atoms with Crippen molar-refractivity contribution in [3.05, 3.63) is 81.1 Å². The van der Waals surface area contributed by atoms with Gasteiger partial charge in [-0.25, -0.2) is 28.1 Å². The van der Waals surface area contributed by atoms with E-state index in [1.807, 2.05) is 54.4 Å². The molecule has 0 aliphatic carbocycles. The van der Waals surface area contributed by atoms with E-state index in [9.17, 15) is 18.0 Å². The first kappa shape index (κ1) is 27.3. The number of carbonyl (C=O) groups is 1. The Kier molecular flexibility index (Phi) is 6.84. The van der Waals surface area contributed by atoms with E-state index >= 15 is 0 Å². The summed E-state index contributed by atoms with van der Waals surface area (Å²) < 4.78 is 28.7. The van der Waals surface area contributed by atoms with Gasteiger partial charge < -0.3 is 9.88 Å². The minimum atomic E-state index is -3.83. The number of pyridine rings is 1. The largest absolute Gasteiger partial charge is 0.377 e. The van der Waals surface area contributed by atoms with Crippen LogP contribution in [0.1, 0.15) is 34.6 Å². The van der Waals surface area contributed by atoms with Crippen LogP contribution < -0.4 is 15.6 Å². The molecule has 5 aromatic rings. The Hall–Kier alpha value is -4.29. The fourth-order valence-electron chi connectivity index (χ4n) is 4.67. The van der Waals surface area contributed by atoms with Gasteiger partial charge in [0.25, 0.3) is 11.5 Å². The fourth-order valence-corrected chi connectivity index (χ4v) is 5.25. The quantitative estimate of drug-likeness (QED) is 0.290. The third-order valence-electron chi connectivity index (χ3n) is 6.53. The van der Waals surface area contributed by atoms with Gasteiger partial charge >= 0.3 is 0 Å². The summed E-state index contributed by atoms with van der Waals surface area (Å²) in [6, 6.07) is 12.0. The van der Waals surface area contributed by atoms with Crippen molar-refractivity contribution in [2.24, 2.45) is 14.1 Å². The van der Waals surface area contributed by atoms with E-state index in [4.69, 9.17) is 16.6 Å². The van der Waals surface area contributed by atoms with Crippen LogP contribution in [-0.4, -0.2) is 44.7 Å². The normalized spacial score (nSPS) is 12.6. The van der Waals surface area contributed by atoms with Crippen molar-refractivity contribution in [1.82, 2.24) is 28.8 Å². The van der Waals surface area contributed by atoms with Crippen LogP contribution in [0.25, 0.3) is 33.3 Å². The summed E-state index contributed by atoms with van der Waals surface area (Å²) in [5.41, 5.74) is 4.39. The zero-order valence-electron chi connectivity index (χ0n) is 22.4. The number of aromatic nitrogens is 5. The highest BCUT2D eigenvalue weighted by molar-refractivity contribution is 7.89. The molecule has 3 aromatic heterocycles. The number of halogens is 1. The second-order valence-electron chi connectivity index (χ2n) is 9.71. The molecule has 0 saturated heterocycles. The highest BCUT2D eigenvalue weighted by atomic mass is 35.5. The van der Waals surface area contributed by atoms with E-state index in [1.165, 1.54) is 10.6 Å². The number of nitrogens with one attached hydrogen (secondary N) is 2. The second kappa shape index (κ2) is 10.0. The third-order valence-corrected chi connectivity index (χ3v) is 7.30. The highest BCUT2D eigenvalue weighted by Gasteiger charge is 2.22. The number of sulfonamides is 1. The predicted molar refractivity (Wildman–Crippen MR) is 155 cm³/mol.